The maximum atomic E-state index is 11.6. The molecule has 0 aliphatic heterocycles. The molecule has 2 aromatic heterocycles. The van der Waals surface area contributed by atoms with Gasteiger partial charge in [0.2, 0.25) is 0 Å². The number of nitrogens with one attached hydrogen (secondary N) is 1. The van der Waals surface area contributed by atoms with Crippen LogP contribution < -0.4 is 5.56 Å². The van der Waals surface area contributed by atoms with Crippen LogP contribution in [-0.2, 0) is 0 Å². The van der Waals surface area contributed by atoms with Gasteiger partial charge in [-0.2, -0.15) is 0 Å². The number of hydrogen-bond donors (Lipinski definition) is 1. The van der Waals surface area contributed by atoms with E-state index in [9.17, 15) is 4.79 Å². The van der Waals surface area contributed by atoms with Crippen LogP contribution in [0.15, 0.2) is 47.4 Å². The van der Waals surface area contributed by atoms with E-state index < -0.39 is 0 Å². The summed E-state index contributed by atoms with van der Waals surface area (Å²) >= 11 is 0. The van der Waals surface area contributed by atoms with E-state index in [0.29, 0.717) is 5.52 Å². The quantitative estimate of drug-likeness (QED) is 0.630. The standard InChI is InChI=1S/C11H8N2O.C3H8/c14-11-10-6-3-7-13(10)9-5-2-1-4-8(9)12-11;1-3-2/h1-7H,(H,12,14);3H2,1-2H3. The Morgan fingerprint density at radius 1 is 1.06 bits per heavy atom. The molecule has 0 radical (unpaired) electrons. The highest BCUT2D eigenvalue weighted by Gasteiger charge is 2.01. The largest absolute Gasteiger partial charge is 0.319 e. The van der Waals surface area contributed by atoms with Crippen LogP contribution >= 0.6 is 0 Å². The summed E-state index contributed by atoms with van der Waals surface area (Å²) in [6, 6.07) is 11.4. The molecule has 3 nitrogen and oxygen atoms in total. The molecule has 17 heavy (non-hydrogen) atoms. The Kier molecular flexibility index (Phi) is 3.28. The smallest absolute Gasteiger partial charge is 0.272 e. The zero-order valence-electron chi connectivity index (χ0n) is 10.1. The first-order valence-electron chi connectivity index (χ1n) is 5.86. The van der Waals surface area contributed by atoms with E-state index in [1.54, 1.807) is 0 Å². The van der Waals surface area contributed by atoms with E-state index in [2.05, 4.69) is 18.8 Å². The fraction of sp³-hybridized carbons (Fsp3) is 0.214. The van der Waals surface area contributed by atoms with Crippen LogP contribution in [0, 0.1) is 0 Å². The second-order valence-electron chi connectivity index (χ2n) is 3.94. The number of hydrogen-bond acceptors (Lipinski definition) is 1. The number of aromatic amines is 1. The van der Waals surface area contributed by atoms with Crippen molar-refractivity contribution in [3.63, 3.8) is 0 Å². The molecule has 1 aromatic carbocycles. The zero-order chi connectivity index (χ0) is 12.3. The van der Waals surface area contributed by atoms with Gasteiger partial charge in [-0.05, 0) is 24.3 Å². The summed E-state index contributed by atoms with van der Waals surface area (Å²) in [7, 11) is 0. The van der Waals surface area contributed by atoms with Crippen molar-refractivity contribution in [1.29, 1.82) is 0 Å². The normalized spacial score (nSPS) is 10.2. The van der Waals surface area contributed by atoms with Gasteiger partial charge in [-0.25, -0.2) is 0 Å². The summed E-state index contributed by atoms with van der Waals surface area (Å²) in [6.07, 6.45) is 3.15. The second kappa shape index (κ2) is 4.87. The van der Waals surface area contributed by atoms with E-state index in [0.717, 1.165) is 11.0 Å². The lowest BCUT2D eigenvalue weighted by atomic mass is 10.3. The monoisotopic (exact) mass is 228 g/mol. The summed E-state index contributed by atoms with van der Waals surface area (Å²) in [5, 5.41) is 0. The molecule has 0 saturated carbocycles. The Balaban J connectivity index is 0.000000329. The molecule has 0 bridgehead atoms. The van der Waals surface area contributed by atoms with Gasteiger partial charge >= 0.3 is 0 Å². The van der Waals surface area contributed by atoms with Crippen molar-refractivity contribution in [3.05, 3.63) is 52.9 Å². The minimum absolute atomic E-state index is 0.0475. The Bertz CT molecular complexity index is 679. The van der Waals surface area contributed by atoms with E-state index in [1.807, 2.05) is 47.0 Å². The summed E-state index contributed by atoms with van der Waals surface area (Å²) in [5.74, 6) is 0. The number of rotatable bonds is 0. The van der Waals surface area contributed by atoms with Crippen molar-refractivity contribution < 1.29 is 0 Å². The van der Waals surface area contributed by atoms with Gasteiger partial charge in [-0.15, -0.1) is 0 Å². The molecule has 88 valence electrons. The van der Waals surface area contributed by atoms with Crippen LogP contribution in [0.5, 0.6) is 0 Å². The van der Waals surface area contributed by atoms with Crippen LogP contribution in [-0.4, -0.2) is 9.38 Å². The first-order valence-corrected chi connectivity index (χ1v) is 5.86. The van der Waals surface area contributed by atoms with Gasteiger partial charge in [-0.1, -0.05) is 32.4 Å². The van der Waals surface area contributed by atoms with Crippen LogP contribution in [0.2, 0.25) is 0 Å². The Morgan fingerprint density at radius 2 is 1.71 bits per heavy atom. The number of aromatic nitrogens is 2. The van der Waals surface area contributed by atoms with Gasteiger partial charge in [0.05, 0.1) is 11.0 Å². The molecule has 0 amide bonds. The Labute approximate surface area is 99.7 Å². The molecule has 3 rings (SSSR count). The molecular weight excluding hydrogens is 212 g/mol. The lowest BCUT2D eigenvalue weighted by molar-refractivity contribution is 1.09. The molecule has 0 aliphatic rings. The molecule has 0 fully saturated rings. The third-order valence-electron chi connectivity index (χ3n) is 2.39. The number of para-hydroxylation sites is 2. The van der Waals surface area contributed by atoms with Crippen LogP contribution in [0.1, 0.15) is 20.3 Å². The topological polar surface area (TPSA) is 37.3 Å². The van der Waals surface area contributed by atoms with Crippen LogP contribution in [0.4, 0.5) is 0 Å². The summed E-state index contributed by atoms with van der Waals surface area (Å²) < 4.78 is 1.90. The molecule has 0 aliphatic carbocycles. The van der Waals surface area contributed by atoms with Crippen molar-refractivity contribution in [1.82, 2.24) is 9.38 Å². The van der Waals surface area contributed by atoms with Crippen molar-refractivity contribution in [2.45, 2.75) is 20.3 Å². The van der Waals surface area contributed by atoms with Crippen LogP contribution in [0.25, 0.3) is 16.6 Å². The highest BCUT2D eigenvalue weighted by molar-refractivity contribution is 5.77. The lowest BCUT2D eigenvalue weighted by Crippen LogP contribution is -2.09. The molecule has 0 atom stereocenters. The van der Waals surface area contributed by atoms with Crippen LogP contribution in [0.3, 0.4) is 0 Å². The minimum Gasteiger partial charge on any atom is -0.319 e. The predicted molar refractivity (Wildman–Crippen MR) is 71.5 cm³/mol. The fourth-order valence-electron chi connectivity index (χ4n) is 1.75. The molecule has 2 heterocycles. The third-order valence-corrected chi connectivity index (χ3v) is 2.39. The highest BCUT2D eigenvalue weighted by Crippen LogP contribution is 2.11. The second-order valence-corrected chi connectivity index (χ2v) is 3.94. The zero-order valence-corrected chi connectivity index (χ0v) is 10.1. The molecule has 3 aromatic rings. The summed E-state index contributed by atoms with van der Waals surface area (Å²) in [6.45, 7) is 4.25. The number of H-pyrrole nitrogens is 1. The molecular formula is C14H16N2O. The average Bonchev–Trinajstić information content (AvgIpc) is 2.80. The predicted octanol–water partition coefficient (Wildman–Crippen LogP) is 3.20. The van der Waals surface area contributed by atoms with Gasteiger partial charge < -0.3 is 9.38 Å². The summed E-state index contributed by atoms with van der Waals surface area (Å²) in [4.78, 5) is 14.4. The SMILES string of the molecule is CCC.O=c1[nH]c2ccccc2n2cccc12. The van der Waals surface area contributed by atoms with E-state index in [-0.39, 0.29) is 5.56 Å². The highest BCUT2D eigenvalue weighted by atomic mass is 16.1. The molecule has 3 heteroatoms. The van der Waals surface area contributed by atoms with E-state index in [4.69, 9.17) is 0 Å². The molecule has 0 unspecified atom stereocenters. The number of fused-ring (bicyclic) bond motifs is 3. The Morgan fingerprint density at radius 3 is 2.47 bits per heavy atom. The number of benzene rings is 1. The maximum absolute atomic E-state index is 11.6. The minimum atomic E-state index is -0.0475. The lowest BCUT2D eigenvalue weighted by Gasteiger charge is -2.00. The summed E-state index contributed by atoms with van der Waals surface area (Å²) in [5.41, 5.74) is 2.52. The number of nitrogens with zero attached hydrogens (tertiary/aromatic N) is 1. The fourth-order valence-corrected chi connectivity index (χ4v) is 1.75. The first-order chi connectivity index (χ1) is 8.27. The van der Waals surface area contributed by atoms with Crippen molar-refractivity contribution in [2.24, 2.45) is 0 Å². The Hall–Kier alpha value is -2.03. The molecule has 0 spiro atoms. The van der Waals surface area contributed by atoms with E-state index >= 15 is 0 Å². The van der Waals surface area contributed by atoms with Gasteiger partial charge in [0, 0.05) is 6.20 Å². The maximum Gasteiger partial charge on any atom is 0.272 e. The van der Waals surface area contributed by atoms with Gasteiger partial charge in [0.25, 0.3) is 5.56 Å². The third kappa shape index (κ3) is 2.09. The molecule has 0 saturated heterocycles. The van der Waals surface area contributed by atoms with Gasteiger partial charge in [0.1, 0.15) is 5.52 Å². The van der Waals surface area contributed by atoms with Gasteiger partial charge in [-0.3, -0.25) is 4.79 Å². The van der Waals surface area contributed by atoms with Crippen molar-refractivity contribution in [3.8, 4) is 0 Å². The average molecular weight is 228 g/mol. The van der Waals surface area contributed by atoms with Gasteiger partial charge in [0.15, 0.2) is 0 Å². The van der Waals surface area contributed by atoms with E-state index in [1.165, 1.54) is 6.42 Å². The first kappa shape index (κ1) is 11.5. The van der Waals surface area contributed by atoms with Crippen molar-refractivity contribution in [2.75, 3.05) is 0 Å². The molecule has 1 N–H and O–H groups in total. The van der Waals surface area contributed by atoms with Crippen molar-refractivity contribution >= 4 is 16.6 Å².